The summed E-state index contributed by atoms with van der Waals surface area (Å²) < 4.78 is 65.3. The van der Waals surface area contributed by atoms with Crippen LogP contribution < -0.4 is 21.7 Å². The molecule has 216 valence electrons. The highest BCUT2D eigenvalue weighted by molar-refractivity contribution is 7.85. The first-order valence-electron chi connectivity index (χ1n) is 11.2. The van der Waals surface area contributed by atoms with Crippen molar-refractivity contribution in [1.29, 1.82) is 0 Å². The number of aryl methyl sites for hydroxylation is 1. The van der Waals surface area contributed by atoms with Crippen molar-refractivity contribution < 1.29 is 40.8 Å². The molecule has 2 heterocycles. The number of hydrogen-bond donors (Lipinski definition) is 5. The van der Waals surface area contributed by atoms with Crippen LogP contribution >= 0.6 is 0 Å². The van der Waals surface area contributed by atoms with Crippen LogP contribution in [0.4, 0.5) is 35.4 Å². The van der Waals surface area contributed by atoms with Crippen molar-refractivity contribution >= 4 is 39.6 Å². The Morgan fingerprint density at radius 3 is 2.12 bits per heavy atom. The number of carboxylic acids is 1. The second-order valence-electron chi connectivity index (χ2n) is 9.09. The van der Waals surface area contributed by atoms with E-state index in [1.165, 1.54) is 29.2 Å². The van der Waals surface area contributed by atoms with Crippen molar-refractivity contribution in [2.45, 2.75) is 37.4 Å². The fourth-order valence-electron chi connectivity index (χ4n) is 3.13. The second kappa shape index (κ2) is 12.2. The standard InChI is InChI=1S/C10H13N5O3.C7H6F3N.C7H8O3S/c1-10(2)4-15(9(18)14-10)8-12-3-5(7(16)17)6(11)13-8;8-7(9,10)5-2-1-3-6(11)4-5;1-6-2-4-7(5-3-6)11(8,9)10/h3H,4H2,1-2H3,(H,14,18)(H,16,17)(H2,11,12,13);1-4H,11H2;2-5H,1H3,(H,8,9,10). The summed E-state index contributed by atoms with van der Waals surface area (Å²) in [5.41, 5.74) is 10.5. The molecular formula is C24H27F3N6O6S. The number of nitrogens with one attached hydrogen (secondary N) is 1. The van der Waals surface area contributed by atoms with Gasteiger partial charge in [0.1, 0.15) is 11.4 Å². The van der Waals surface area contributed by atoms with Gasteiger partial charge in [-0.1, -0.05) is 23.8 Å². The molecule has 1 aliphatic rings. The summed E-state index contributed by atoms with van der Waals surface area (Å²) in [7, 11) is -4.02. The van der Waals surface area contributed by atoms with E-state index >= 15 is 0 Å². The molecule has 0 aliphatic carbocycles. The Morgan fingerprint density at radius 1 is 1.12 bits per heavy atom. The minimum absolute atomic E-state index is 0.0666. The Morgan fingerprint density at radius 2 is 1.73 bits per heavy atom. The van der Waals surface area contributed by atoms with Crippen molar-refractivity contribution in [2.24, 2.45) is 0 Å². The lowest BCUT2D eigenvalue weighted by molar-refractivity contribution is -0.137. The number of carboxylic acid groups (broad SMARTS) is 1. The zero-order valence-electron chi connectivity index (χ0n) is 21.5. The number of amides is 2. The molecule has 40 heavy (non-hydrogen) atoms. The van der Waals surface area contributed by atoms with Crippen molar-refractivity contribution in [3.63, 3.8) is 0 Å². The van der Waals surface area contributed by atoms with Crippen molar-refractivity contribution in [2.75, 3.05) is 22.9 Å². The molecule has 0 radical (unpaired) electrons. The molecule has 0 unspecified atom stereocenters. The Kier molecular flexibility index (Phi) is 9.67. The molecule has 7 N–H and O–H groups in total. The number of carbonyl (C=O) groups is 2. The number of carbonyl (C=O) groups excluding carboxylic acids is 1. The maximum absolute atomic E-state index is 11.9. The van der Waals surface area contributed by atoms with Gasteiger partial charge in [-0.25, -0.2) is 14.6 Å². The molecule has 0 bridgehead atoms. The summed E-state index contributed by atoms with van der Waals surface area (Å²) in [5.74, 6) is -1.27. The van der Waals surface area contributed by atoms with Gasteiger partial charge >= 0.3 is 18.2 Å². The highest BCUT2D eigenvalue weighted by Crippen LogP contribution is 2.29. The van der Waals surface area contributed by atoms with E-state index < -0.39 is 27.8 Å². The molecule has 3 aromatic rings. The number of rotatable bonds is 3. The van der Waals surface area contributed by atoms with Gasteiger partial charge < -0.3 is 21.9 Å². The smallest absolute Gasteiger partial charge is 0.416 e. The Bertz CT molecular complexity index is 1480. The molecule has 0 saturated carbocycles. The number of nitrogens with two attached hydrogens (primary N) is 2. The van der Waals surface area contributed by atoms with E-state index in [4.69, 9.17) is 21.1 Å². The molecule has 1 aliphatic heterocycles. The lowest BCUT2D eigenvalue weighted by Crippen LogP contribution is -2.36. The van der Waals surface area contributed by atoms with Crippen molar-refractivity contribution in [1.82, 2.24) is 15.3 Å². The van der Waals surface area contributed by atoms with Crippen molar-refractivity contribution in [3.05, 3.63) is 71.4 Å². The van der Waals surface area contributed by atoms with E-state index in [0.29, 0.717) is 6.54 Å². The van der Waals surface area contributed by atoms with Gasteiger partial charge in [0.15, 0.2) is 0 Å². The number of benzene rings is 2. The Hall–Kier alpha value is -4.44. The molecule has 2 aromatic carbocycles. The Balaban J connectivity index is 0.000000222. The molecule has 16 heteroatoms. The molecule has 1 saturated heterocycles. The number of halogens is 3. The van der Waals surface area contributed by atoms with E-state index in [1.54, 1.807) is 12.1 Å². The minimum Gasteiger partial charge on any atom is -0.477 e. The van der Waals surface area contributed by atoms with Crippen LogP contribution in [0.2, 0.25) is 0 Å². The maximum Gasteiger partial charge on any atom is 0.416 e. The molecular weight excluding hydrogens is 557 g/mol. The summed E-state index contributed by atoms with van der Waals surface area (Å²) >= 11 is 0. The highest BCUT2D eigenvalue weighted by atomic mass is 32.2. The molecule has 1 fully saturated rings. The first-order chi connectivity index (χ1) is 18.3. The summed E-state index contributed by atoms with van der Waals surface area (Å²) in [6.45, 7) is 5.95. The van der Waals surface area contributed by atoms with Crippen LogP contribution in [0.15, 0.2) is 59.6 Å². The van der Waals surface area contributed by atoms with Gasteiger partial charge in [-0.3, -0.25) is 9.45 Å². The minimum atomic E-state index is -4.30. The first kappa shape index (κ1) is 31.8. The molecule has 12 nitrogen and oxygen atoms in total. The van der Waals surface area contributed by atoms with Crippen LogP contribution in [0.25, 0.3) is 0 Å². The number of nitrogens with zero attached hydrogens (tertiary/aromatic N) is 3. The molecule has 1 aromatic heterocycles. The predicted octanol–water partition coefficient (Wildman–Crippen LogP) is 3.59. The van der Waals surface area contributed by atoms with E-state index in [9.17, 15) is 31.2 Å². The predicted molar refractivity (Wildman–Crippen MR) is 140 cm³/mol. The monoisotopic (exact) mass is 584 g/mol. The Labute approximate surface area is 227 Å². The highest BCUT2D eigenvalue weighted by Gasteiger charge is 2.37. The van der Waals surface area contributed by atoms with Crippen LogP contribution in [0, 0.1) is 6.92 Å². The third-order valence-electron chi connectivity index (χ3n) is 5.05. The average molecular weight is 585 g/mol. The average Bonchev–Trinajstić information content (AvgIpc) is 3.11. The maximum atomic E-state index is 11.9. The topological polar surface area (TPSA) is 202 Å². The number of hydrogen-bond acceptors (Lipinski definition) is 8. The fraction of sp³-hybridized carbons (Fsp3) is 0.250. The number of anilines is 3. The van der Waals surface area contributed by atoms with Gasteiger partial charge in [0.05, 0.1) is 22.5 Å². The van der Waals surface area contributed by atoms with Gasteiger partial charge in [0.2, 0.25) is 5.95 Å². The van der Waals surface area contributed by atoms with Gasteiger partial charge in [0, 0.05) is 11.9 Å². The molecule has 4 rings (SSSR count). The molecule has 0 atom stereocenters. The van der Waals surface area contributed by atoms with Gasteiger partial charge in [-0.15, -0.1) is 0 Å². The zero-order chi connectivity index (χ0) is 30.5. The lowest BCUT2D eigenvalue weighted by atomic mass is 10.1. The van der Waals surface area contributed by atoms with Crippen LogP contribution in [-0.2, 0) is 16.3 Å². The van der Waals surface area contributed by atoms with Crippen LogP contribution in [0.1, 0.15) is 35.3 Å². The third-order valence-corrected chi connectivity index (χ3v) is 5.92. The normalized spacial score (nSPS) is 14.3. The number of urea groups is 1. The van der Waals surface area contributed by atoms with Gasteiger partial charge in [-0.05, 0) is 51.1 Å². The van der Waals surface area contributed by atoms with Crippen LogP contribution in [0.3, 0.4) is 0 Å². The van der Waals surface area contributed by atoms with E-state index in [0.717, 1.165) is 23.9 Å². The summed E-state index contributed by atoms with van der Waals surface area (Å²) in [6, 6.07) is 10.2. The lowest BCUT2D eigenvalue weighted by Gasteiger charge is -2.16. The summed E-state index contributed by atoms with van der Waals surface area (Å²) in [4.78, 5) is 31.4. The van der Waals surface area contributed by atoms with Crippen molar-refractivity contribution in [3.8, 4) is 0 Å². The van der Waals surface area contributed by atoms with E-state index in [1.807, 2.05) is 20.8 Å². The third kappa shape index (κ3) is 9.09. The first-order valence-corrected chi connectivity index (χ1v) is 12.7. The fourth-order valence-corrected chi connectivity index (χ4v) is 3.61. The number of nitrogen functional groups attached to an aromatic ring is 2. The van der Waals surface area contributed by atoms with Gasteiger partial charge in [-0.2, -0.15) is 26.6 Å². The molecule has 0 spiro atoms. The van der Waals surface area contributed by atoms with Gasteiger partial charge in [0.25, 0.3) is 10.1 Å². The van der Waals surface area contributed by atoms with Crippen LogP contribution in [0.5, 0.6) is 0 Å². The second-order valence-corrected chi connectivity index (χ2v) is 10.5. The summed E-state index contributed by atoms with van der Waals surface area (Å²) in [6.07, 6.45) is -3.20. The summed E-state index contributed by atoms with van der Waals surface area (Å²) in [5, 5.41) is 11.6. The quantitative estimate of drug-likeness (QED) is 0.224. The zero-order valence-corrected chi connectivity index (χ0v) is 22.3. The molecule has 2 amide bonds. The van der Waals surface area contributed by atoms with E-state index in [-0.39, 0.29) is 39.5 Å². The number of aromatic carboxylic acids is 1. The number of alkyl halides is 3. The van der Waals surface area contributed by atoms with E-state index in [2.05, 4.69) is 15.3 Å². The largest absolute Gasteiger partial charge is 0.477 e. The van der Waals surface area contributed by atoms with Crippen LogP contribution in [-0.4, -0.2) is 52.1 Å². The SMILES string of the molecule is CC1(C)CN(c2ncc(C(=O)O)c(N)n2)C(=O)N1.Cc1ccc(S(=O)(=O)O)cc1.Nc1cccc(C(F)(F)F)c1. The number of aromatic nitrogens is 2.